The fourth-order valence-corrected chi connectivity index (χ4v) is 4.56. The van der Waals surface area contributed by atoms with Crippen LogP contribution >= 0.6 is 11.6 Å². The van der Waals surface area contributed by atoms with E-state index in [1.165, 1.54) is 11.8 Å². The number of fused-ring (bicyclic) bond motifs is 1. The first kappa shape index (κ1) is 24.1. The van der Waals surface area contributed by atoms with Crippen molar-refractivity contribution in [3.05, 3.63) is 70.0 Å². The van der Waals surface area contributed by atoms with Gasteiger partial charge in [-0.2, -0.15) is 0 Å². The number of carbonyl (C=O) groups is 1. The van der Waals surface area contributed by atoms with Crippen molar-refractivity contribution < 1.29 is 9.53 Å². The summed E-state index contributed by atoms with van der Waals surface area (Å²) < 4.78 is 7.41. The highest BCUT2D eigenvalue weighted by Crippen LogP contribution is 2.23. The molecule has 0 atom stereocenters. The fourth-order valence-electron chi connectivity index (χ4n) is 4.38. The van der Waals surface area contributed by atoms with E-state index in [1.807, 2.05) is 49.4 Å². The molecule has 0 aliphatic carbocycles. The lowest BCUT2D eigenvalue weighted by molar-refractivity contribution is -0.123. The number of carbonyl (C=O) groups excluding carboxylic acids is 1. The molecule has 8 heteroatoms. The monoisotopic (exact) mass is 482 g/mol. The quantitative estimate of drug-likeness (QED) is 0.474. The van der Waals surface area contributed by atoms with Gasteiger partial charge in [0.15, 0.2) is 6.61 Å². The fraction of sp³-hybridized carbons (Fsp3) is 0.385. The molecule has 3 aromatic rings. The topological polar surface area (TPSA) is 66.8 Å². The molecule has 180 valence electrons. The molecule has 1 saturated heterocycles. The van der Waals surface area contributed by atoms with E-state index < -0.39 is 0 Å². The van der Waals surface area contributed by atoms with Crippen LogP contribution in [0.25, 0.3) is 10.9 Å². The largest absolute Gasteiger partial charge is 0.483 e. The van der Waals surface area contributed by atoms with Gasteiger partial charge in [-0.05, 0) is 50.2 Å². The van der Waals surface area contributed by atoms with E-state index in [0.717, 1.165) is 55.1 Å². The normalized spacial score (nSPS) is 14.4. The number of hydrogen-bond donors (Lipinski definition) is 1. The van der Waals surface area contributed by atoms with Gasteiger partial charge in [0.05, 0.1) is 5.52 Å². The number of piperazine rings is 1. The number of para-hydroxylation sites is 1. The predicted octanol–water partition coefficient (Wildman–Crippen LogP) is 3.38. The van der Waals surface area contributed by atoms with Gasteiger partial charge in [0.1, 0.15) is 5.75 Å². The molecule has 2 aromatic carbocycles. The maximum Gasteiger partial charge on any atom is 0.257 e. The van der Waals surface area contributed by atoms with E-state index in [4.69, 9.17) is 16.3 Å². The second-order valence-electron chi connectivity index (χ2n) is 8.41. The minimum absolute atomic E-state index is 0.113. The average molecular weight is 483 g/mol. The number of nitrogens with one attached hydrogen (secondary N) is 1. The Morgan fingerprint density at radius 3 is 2.62 bits per heavy atom. The van der Waals surface area contributed by atoms with Crippen LogP contribution in [0, 0.1) is 0 Å². The number of hydrogen-bond acceptors (Lipinski definition) is 5. The van der Waals surface area contributed by atoms with Gasteiger partial charge in [-0.25, -0.2) is 0 Å². The lowest BCUT2D eigenvalue weighted by Gasteiger charge is -2.36. The van der Waals surface area contributed by atoms with E-state index in [9.17, 15) is 9.59 Å². The van der Waals surface area contributed by atoms with Gasteiger partial charge in [0.25, 0.3) is 11.5 Å². The number of anilines is 1. The second-order valence-corrected chi connectivity index (χ2v) is 8.85. The van der Waals surface area contributed by atoms with Crippen LogP contribution < -0.4 is 20.5 Å². The molecule has 0 radical (unpaired) electrons. The molecular weight excluding hydrogens is 452 g/mol. The minimum atomic E-state index is -0.186. The molecule has 1 aliphatic heterocycles. The summed E-state index contributed by atoms with van der Waals surface area (Å²) in [6.45, 7) is 7.82. The lowest BCUT2D eigenvalue weighted by atomic mass is 10.2. The van der Waals surface area contributed by atoms with E-state index in [0.29, 0.717) is 18.8 Å². The maximum absolute atomic E-state index is 12.4. The van der Waals surface area contributed by atoms with Crippen LogP contribution in [0.15, 0.2) is 59.4 Å². The van der Waals surface area contributed by atoms with Gasteiger partial charge in [-0.15, -0.1) is 0 Å². The smallest absolute Gasteiger partial charge is 0.257 e. The van der Waals surface area contributed by atoms with Crippen LogP contribution in [-0.2, 0) is 11.3 Å². The van der Waals surface area contributed by atoms with Crippen molar-refractivity contribution in [2.75, 3.05) is 50.8 Å². The summed E-state index contributed by atoms with van der Waals surface area (Å²) in [7, 11) is 0. The molecular formula is C26H31ClN4O3. The van der Waals surface area contributed by atoms with Crippen molar-refractivity contribution >= 4 is 34.1 Å². The van der Waals surface area contributed by atoms with Crippen LogP contribution in [0.1, 0.15) is 13.3 Å². The molecule has 0 bridgehead atoms. The van der Waals surface area contributed by atoms with Crippen molar-refractivity contribution in [2.24, 2.45) is 0 Å². The highest BCUT2D eigenvalue weighted by atomic mass is 35.5. The third-order valence-electron chi connectivity index (χ3n) is 6.17. The molecule has 2 heterocycles. The van der Waals surface area contributed by atoms with Crippen LogP contribution in [0.2, 0.25) is 5.02 Å². The van der Waals surface area contributed by atoms with Crippen molar-refractivity contribution in [3.63, 3.8) is 0 Å². The Hall–Kier alpha value is -3.03. The number of aryl methyl sites for hydroxylation is 1. The van der Waals surface area contributed by atoms with Gasteiger partial charge in [-0.3, -0.25) is 14.5 Å². The Morgan fingerprint density at radius 1 is 1.06 bits per heavy atom. The molecule has 1 aromatic heterocycles. The van der Waals surface area contributed by atoms with Gasteiger partial charge >= 0.3 is 0 Å². The summed E-state index contributed by atoms with van der Waals surface area (Å²) in [5, 5.41) is 4.51. The minimum Gasteiger partial charge on any atom is -0.483 e. The van der Waals surface area contributed by atoms with Crippen LogP contribution in [-0.4, -0.2) is 61.2 Å². The summed E-state index contributed by atoms with van der Waals surface area (Å²) in [4.78, 5) is 29.4. The summed E-state index contributed by atoms with van der Waals surface area (Å²) in [6.07, 6.45) is 0.873. The van der Waals surface area contributed by atoms with Gasteiger partial charge in [-0.1, -0.05) is 29.8 Å². The molecule has 1 amide bonds. The second kappa shape index (κ2) is 11.4. The Bertz CT molecular complexity index is 1190. The van der Waals surface area contributed by atoms with Crippen molar-refractivity contribution in [1.82, 2.24) is 14.8 Å². The summed E-state index contributed by atoms with van der Waals surface area (Å²) in [5.41, 5.74) is 1.84. The molecule has 0 unspecified atom stereocenters. The Labute approximate surface area is 204 Å². The van der Waals surface area contributed by atoms with Crippen LogP contribution in [0.4, 0.5) is 5.69 Å². The summed E-state index contributed by atoms with van der Waals surface area (Å²) in [6, 6.07) is 17.0. The zero-order valence-corrected chi connectivity index (χ0v) is 20.3. The predicted molar refractivity (Wildman–Crippen MR) is 137 cm³/mol. The summed E-state index contributed by atoms with van der Waals surface area (Å²) >= 11 is 6.11. The number of aromatic nitrogens is 1. The highest BCUT2D eigenvalue weighted by Gasteiger charge is 2.17. The van der Waals surface area contributed by atoms with Crippen LogP contribution in [0.3, 0.4) is 0 Å². The van der Waals surface area contributed by atoms with Gasteiger partial charge < -0.3 is 19.5 Å². The SMILES string of the molecule is CCn1c(=O)cc(OCC(=O)NCCCN2CCN(c3cccc(Cl)c3)CC2)c2ccccc21. The van der Waals surface area contributed by atoms with Crippen LogP contribution in [0.5, 0.6) is 5.75 Å². The molecule has 0 spiro atoms. The van der Waals surface area contributed by atoms with E-state index in [1.54, 1.807) is 4.57 Å². The number of nitrogens with zero attached hydrogens (tertiary/aromatic N) is 3. The first-order chi connectivity index (χ1) is 16.5. The zero-order chi connectivity index (χ0) is 23.9. The zero-order valence-electron chi connectivity index (χ0n) is 19.5. The van der Waals surface area contributed by atoms with E-state index >= 15 is 0 Å². The molecule has 1 fully saturated rings. The standard InChI is InChI=1S/C26H31ClN4O3/c1-2-31-23-10-4-3-9-22(23)24(18-26(31)33)34-19-25(32)28-11-6-12-29-13-15-30(16-14-29)21-8-5-7-20(27)17-21/h3-5,7-10,17-18H,2,6,11-16,19H2,1H3,(H,28,32). The number of halogens is 1. The van der Waals surface area contributed by atoms with E-state index in [2.05, 4.69) is 21.2 Å². The van der Waals surface area contributed by atoms with E-state index in [-0.39, 0.29) is 18.1 Å². The molecule has 1 N–H and O–H groups in total. The molecule has 7 nitrogen and oxygen atoms in total. The first-order valence-electron chi connectivity index (χ1n) is 11.8. The van der Waals surface area contributed by atoms with Crippen molar-refractivity contribution in [1.29, 1.82) is 0 Å². The number of pyridine rings is 1. The maximum atomic E-state index is 12.4. The van der Waals surface area contributed by atoms with Gasteiger partial charge in [0.2, 0.25) is 0 Å². The number of rotatable bonds is 9. The third-order valence-corrected chi connectivity index (χ3v) is 6.41. The molecule has 34 heavy (non-hydrogen) atoms. The number of benzene rings is 2. The average Bonchev–Trinajstić information content (AvgIpc) is 2.85. The Balaban J connectivity index is 1.19. The number of amides is 1. The third kappa shape index (κ3) is 5.90. The van der Waals surface area contributed by atoms with Gasteiger partial charge in [0, 0.05) is 61.4 Å². The Morgan fingerprint density at radius 2 is 1.85 bits per heavy atom. The molecule has 0 saturated carbocycles. The molecule has 4 rings (SSSR count). The molecule has 1 aliphatic rings. The van der Waals surface area contributed by atoms with Crippen molar-refractivity contribution in [3.8, 4) is 5.75 Å². The first-order valence-corrected chi connectivity index (χ1v) is 12.2. The summed E-state index contributed by atoms with van der Waals surface area (Å²) in [5.74, 6) is 0.257. The number of ether oxygens (including phenoxy) is 1. The highest BCUT2D eigenvalue weighted by molar-refractivity contribution is 6.30. The lowest BCUT2D eigenvalue weighted by Crippen LogP contribution is -2.47. The Kier molecular flexibility index (Phi) is 8.08. The van der Waals surface area contributed by atoms with Crippen molar-refractivity contribution in [2.45, 2.75) is 19.9 Å².